The molecule has 0 unspecified atom stereocenters. The lowest BCUT2D eigenvalue weighted by molar-refractivity contribution is 0.0786. The zero-order chi connectivity index (χ0) is 17.1. The Bertz CT molecular complexity index is 751. The first kappa shape index (κ1) is 19.0. The fraction of sp³-hybridized carbons (Fsp3) is 0.263. The maximum absolute atomic E-state index is 12.8. The number of halogens is 1. The number of benzene rings is 2. The topological polar surface area (TPSA) is 89.4 Å². The Labute approximate surface area is 153 Å². The summed E-state index contributed by atoms with van der Waals surface area (Å²) in [6.45, 7) is 1.78. The second kappa shape index (κ2) is 8.14. The van der Waals surface area contributed by atoms with E-state index in [4.69, 9.17) is 11.5 Å². The summed E-state index contributed by atoms with van der Waals surface area (Å²) in [5.41, 5.74) is 13.3. The summed E-state index contributed by atoms with van der Waals surface area (Å²) >= 11 is 0. The third-order valence-electron chi connectivity index (χ3n) is 4.65. The molecule has 2 aromatic rings. The molecule has 4 N–H and O–H groups in total. The molecule has 5 nitrogen and oxygen atoms in total. The fourth-order valence-electron chi connectivity index (χ4n) is 3.34. The molecule has 2 aromatic carbocycles. The van der Waals surface area contributed by atoms with E-state index in [-0.39, 0.29) is 30.2 Å². The van der Waals surface area contributed by atoms with Gasteiger partial charge in [0.15, 0.2) is 0 Å². The predicted molar refractivity (Wildman–Crippen MR) is 99.8 cm³/mol. The quantitative estimate of drug-likeness (QED) is 0.875. The van der Waals surface area contributed by atoms with Crippen LogP contribution < -0.4 is 11.5 Å². The average Bonchev–Trinajstić information content (AvgIpc) is 3.06. The van der Waals surface area contributed by atoms with E-state index >= 15 is 0 Å². The van der Waals surface area contributed by atoms with E-state index < -0.39 is 5.91 Å². The molecule has 1 fully saturated rings. The first-order valence-electron chi connectivity index (χ1n) is 8.04. The number of hydrogen-bond donors (Lipinski definition) is 2. The van der Waals surface area contributed by atoms with Crippen molar-refractivity contribution < 1.29 is 9.59 Å². The molecule has 2 atom stereocenters. The molecule has 25 heavy (non-hydrogen) atoms. The molecule has 0 bridgehead atoms. The Morgan fingerprint density at radius 1 is 1.00 bits per heavy atom. The maximum atomic E-state index is 12.8. The van der Waals surface area contributed by atoms with Gasteiger partial charge in [-0.1, -0.05) is 36.4 Å². The zero-order valence-corrected chi connectivity index (χ0v) is 14.6. The van der Waals surface area contributed by atoms with Crippen molar-refractivity contribution in [3.63, 3.8) is 0 Å². The van der Waals surface area contributed by atoms with Crippen LogP contribution in [0.15, 0.2) is 54.6 Å². The number of rotatable bonds is 4. The molecule has 0 saturated carbocycles. The number of nitrogens with two attached hydrogens (primary N) is 2. The van der Waals surface area contributed by atoms with Crippen LogP contribution in [0.1, 0.15) is 32.2 Å². The SMILES string of the molecule is Cl.NC[C@@H]1CN(C(=O)c2cccc(C(N)=O)c2)C[C@H]1c1ccccc1. The van der Waals surface area contributed by atoms with E-state index in [1.54, 1.807) is 24.3 Å². The monoisotopic (exact) mass is 359 g/mol. The molecule has 132 valence electrons. The summed E-state index contributed by atoms with van der Waals surface area (Å²) in [7, 11) is 0. The van der Waals surface area contributed by atoms with E-state index in [0.717, 1.165) is 0 Å². The first-order valence-corrected chi connectivity index (χ1v) is 8.04. The summed E-state index contributed by atoms with van der Waals surface area (Å²) in [4.78, 5) is 25.9. The zero-order valence-electron chi connectivity index (χ0n) is 13.8. The highest BCUT2D eigenvalue weighted by atomic mass is 35.5. The van der Waals surface area contributed by atoms with Crippen molar-refractivity contribution >= 4 is 24.2 Å². The minimum atomic E-state index is -0.534. The highest BCUT2D eigenvalue weighted by Gasteiger charge is 2.35. The summed E-state index contributed by atoms with van der Waals surface area (Å²) in [6.07, 6.45) is 0. The molecule has 1 aliphatic heterocycles. The number of hydrogen-bond acceptors (Lipinski definition) is 3. The van der Waals surface area contributed by atoms with Crippen LogP contribution in [0.25, 0.3) is 0 Å². The van der Waals surface area contributed by atoms with Gasteiger partial charge in [-0.05, 0) is 36.2 Å². The molecule has 0 aliphatic carbocycles. The molecule has 0 spiro atoms. The van der Waals surface area contributed by atoms with E-state index in [9.17, 15) is 9.59 Å². The van der Waals surface area contributed by atoms with E-state index in [2.05, 4.69) is 12.1 Å². The molecular weight excluding hydrogens is 338 g/mol. The lowest BCUT2D eigenvalue weighted by Gasteiger charge is -2.17. The highest BCUT2D eigenvalue weighted by Crippen LogP contribution is 2.32. The molecular formula is C19H22ClN3O2. The van der Waals surface area contributed by atoms with Crippen molar-refractivity contribution in [2.24, 2.45) is 17.4 Å². The van der Waals surface area contributed by atoms with Crippen LogP contribution in [-0.2, 0) is 0 Å². The van der Waals surface area contributed by atoms with Crippen molar-refractivity contribution in [3.05, 3.63) is 71.3 Å². The van der Waals surface area contributed by atoms with Gasteiger partial charge in [0.2, 0.25) is 5.91 Å². The van der Waals surface area contributed by atoms with Crippen LogP contribution >= 0.6 is 12.4 Å². The second-order valence-electron chi connectivity index (χ2n) is 6.17. The Morgan fingerprint density at radius 2 is 1.68 bits per heavy atom. The maximum Gasteiger partial charge on any atom is 0.253 e. The molecule has 1 saturated heterocycles. The van der Waals surface area contributed by atoms with Crippen molar-refractivity contribution in [2.75, 3.05) is 19.6 Å². The molecule has 3 rings (SSSR count). The van der Waals surface area contributed by atoms with Crippen LogP contribution in [0.2, 0.25) is 0 Å². The van der Waals surface area contributed by atoms with E-state index in [1.165, 1.54) is 5.56 Å². The number of nitrogens with zero attached hydrogens (tertiary/aromatic N) is 1. The van der Waals surface area contributed by atoms with Gasteiger partial charge in [0.05, 0.1) is 0 Å². The summed E-state index contributed by atoms with van der Waals surface area (Å²) in [6, 6.07) is 16.7. The number of carbonyl (C=O) groups excluding carboxylic acids is 2. The van der Waals surface area contributed by atoms with Gasteiger partial charge in [0.1, 0.15) is 0 Å². The lowest BCUT2D eigenvalue weighted by atomic mass is 9.89. The lowest BCUT2D eigenvalue weighted by Crippen LogP contribution is -2.30. The number of likely N-dealkylation sites (tertiary alicyclic amines) is 1. The summed E-state index contributed by atoms with van der Waals surface area (Å²) < 4.78 is 0. The fourth-order valence-corrected chi connectivity index (χ4v) is 3.34. The molecule has 6 heteroatoms. The van der Waals surface area contributed by atoms with Crippen molar-refractivity contribution in [2.45, 2.75) is 5.92 Å². The Balaban J connectivity index is 0.00000225. The van der Waals surface area contributed by atoms with Crippen LogP contribution in [-0.4, -0.2) is 36.3 Å². The average molecular weight is 360 g/mol. The molecule has 1 aliphatic rings. The third-order valence-corrected chi connectivity index (χ3v) is 4.65. The molecule has 2 amide bonds. The molecule has 0 radical (unpaired) electrons. The van der Waals surface area contributed by atoms with Gasteiger partial charge in [-0.25, -0.2) is 0 Å². The van der Waals surface area contributed by atoms with Gasteiger partial charge in [-0.2, -0.15) is 0 Å². The second-order valence-corrected chi connectivity index (χ2v) is 6.17. The third kappa shape index (κ3) is 4.00. The van der Waals surface area contributed by atoms with Gasteiger partial charge in [0.25, 0.3) is 5.91 Å². The predicted octanol–water partition coefficient (Wildman–Crippen LogP) is 2.02. The van der Waals surface area contributed by atoms with Gasteiger partial charge in [-0.15, -0.1) is 12.4 Å². The largest absolute Gasteiger partial charge is 0.366 e. The smallest absolute Gasteiger partial charge is 0.253 e. The van der Waals surface area contributed by atoms with Crippen LogP contribution in [0, 0.1) is 5.92 Å². The first-order chi connectivity index (χ1) is 11.6. The van der Waals surface area contributed by atoms with Crippen LogP contribution in [0.4, 0.5) is 0 Å². The Kier molecular flexibility index (Phi) is 6.17. The van der Waals surface area contributed by atoms with E-state index in [0.29, 0.717) is 30.8 Å². The molecule has 1 heterocycles. The Morgan fingerprint density at radius 3 is 2.32 bits per heavy atom. The van der Waals surface area contributed by atoms with Crippen molar-refractivity contribution in [1.82, 2.24) is 4.90 Å². The van der Waals surface area contributed by atoms with E-state index in [1.807, 2.05) is 23.1 Å². The van der Waals surface area contributed by atoms with Crippen LogP contribution in [0.3, 0.4) is 0 Å². The summed E-state index contributed by atoms with van der Waals surface area (Å²) in [5, 5.41) is 0. The standard InChI is InChI=1S/C19H21N3O2.ClH/c20-10-16-11-22(12-17(16)13-5-2-1-3-6-13)19(24)15-8-4-7-14(9-15)18(21)23;/h1-9,16-17H,10-12,20H2,(H2,21,23);1H/t16-,17+;/m1./s1. The number of amides is 2. The summed E-state index contributed by atoms with van der Waals surface area (Å²) in [5.74, 6) is -0.154. The minimum absolute atomic E-state index is 0. The normalized spacial score (nSPS) is 19.3. The van der Waals surface area contributed by atoms with Gasteiger partial charge in [-0.3, -0.25) is 9.59 Å². The molecule has 0 aromatic heterocycles. The highest BCUT2D eigenvalue weighted by molar-refractivity contribution is 5.99. The Hall–Kier alpha value is -2.37. The van der Waals surface area contributed by atoms with Crippen molar-refractivity contribution in [3.8, 4) is 0 Å². The number of primary amides is 1. The van der Waals surface area contributed by atoms with Crippen LogP contribution in [0.5, 0.6) is 0 Å². The van der Waals surface area contributed by atoms with Gasteiger partial charge < -0.3 is 16.4 Å². The minimum Gasteiger partial charge on any atom is -0.366 e. The van der Waals surface area contributed by atoms with Gasteiger partial charge in [0, 0.05) is 30.1 Å². The van der Waals surface area contributed by atoms with Crippen molar-refractivity contribution in [1.29, 1.82) is 0 Å². The number of carbonyl (C=O) groups is 2. The van der Waals surface area contributed by atoms with Gasteiger partial charge >= 0.3 is 0 Å².